The van der Waals surface area contributed by atoms with Gasteiger partial charge >= 0.3 is 11.9 Å². The second kappa shape index (κ2) is 6.47. The van der Waals surface area contributed by atoms with E-state index in [0.29, 0.717) is 0 Å². The third-order valence-corrected chi connectivity index (χ3v) is 3.70. The summed E-state index contributed by atoms with van der Waals surface area (Å²) in [5, 5.41) is 1.77. The van der Waals surface area contributed by atoms with Crippen molar-refractivity contribution in [3.63, 3.8) is 0 Å². The molecule has 0 N–H and O–H groups in total. The number of esters is 2. The van der Waals surface area contributed by atoms with Gasteiger partial charge in [-0.1, -0.05) is 0 Å². The predicted molar refractivity (Wildman–Crippen MR) is 77.0 cm³/mol. The van der Waals surface area contributed by atoms with Gasteiger partial charge in [0.25, 0.3) is 0 Å². The molecule has 1 saturated heterocycles. The molecule has 6 heteroatoms. The highest BCUT2D eigenvalue weighted by atomic mass is 16.7. The van der Waals surface area contributed by atoms with Crippen molar-refractivity contribution in [1.29, 1.82) is 0 Å². The first-order valence-electron chi connectivity index (χ1n) is 7.00. The number of carbonyl (C=O) groups excluding carboxylic acids is 2. The molecule has 0 aromatic heterocycles. The fourth-order valence-corrected chi connectivity index (χ4v) is 2.71. The van der Waals surface area contributed by atoms with Gasteiger partial charge in [-0.25, -0.2) is 9.59 Å². The van der Waals surface area contributed by atoms with Crippen LogP contribution < -0.4 is 0 Å². The molecular formula is C15H25NO5. The summed E-state index contributed by atoms with van der Waals surface area (Å²) in [7, 11) is 2.48. The summed E-state index contributed by atoms with van der Waals surface area (Å²) in [6.07, 6.45) is 3.95. The fourth-order valence-electron chi connectivity index (χ4n) is 2.71. The Balaban J connectivity index is 3.08. The topological polar surface area (TPSA) is 65.1 Å². The average Bonchev–Trinajstić information content (AvgIpc) is 2.39. The molecular weight excluding hydrogens is 274 g/mol. The number of ether oxygens (including phenoxy) is 2. The van der Waals surface area contributed by atoms with Crippen LogP contribution in [0.5, 0.6) is 0 Å². The van der Waals surface area contributed by atoms with Crippen LogP contribution >= 0.6 is 0 Å². The highest BCUT2D eigenvalue weighted by molar-refractivity contribution is 5.94. The molecule has 1 heterocycles. The SMILES string of the molecule is COC(=O)/C=C(/ON1C(C)(C)CCCC1(C)C)C(=O)OC. The molecule has 1 fully saturated rings. The number of methoxy groups -OCH3 is 2. The Morgan fingerprint density at radius 2 is 1.52 bits per heavy atom. The average molecular weight is 299 g/mol. The largest absolute Gasteiger partial charge is 0.466 e. The smallest absolute Gasteiger partial charge is 0.376 e. The van der Waals surface area contributed by atoms with Gasteiger partial charge in [-0.15, -0.1) is 5.06 Å². The van der Waals surface area contributed by atoms with Crippen LogP contribution in [0.4, 0.5) is 0 Å². The Hall–Kier alpha value is -1.56. The second-order valence-corrected chi connectivity index (χ2v) is 6.39. The molecule has 0 aromatic carbocycles. The quantitative estimate of drug-likeness (QED) is 0.450. The van der Waals surface area contributed by atoms with E-state index < -0.39 is 11.9 Å². The second-order valence-electron chi connectivity index (χ2n) is 6.39. The van der Waals surface area contributed by atoms with Crippen molar-refractivity contribution in [3.05, 3.63) is 11.8 Å². The maximum Gasteiger partial charge on any atom is 0.376 e. The Bertz CT molecular complexity index is 423. The van der Waals surface area contributed by atoms with Crippen molar-refractivity contribution in [3.8, 4) is 0 Å². The van der Waals surface area contributed by atoms with E-state index in [1.165, 1.54) is 14.2 Å². The molecule has 6 nitrogen and oxygen atoms in total. The number of hydrogen-bond donors (Lipinski definition) is 0. The zero-order chi connectivity index (χ0) is 16.3. The molecule has 0 spiro atoms. The van der Waals surface area contributed by atoms with Crippen molar-refractivity contribution in [2.24, 2.45) is 0 Å². The van der Waals surface area contributed by atoms with Crippen LogP contribution in [0.15, 0.2) is 11.8 Å². The molecule has 0 radical (unpaired) electrons. The van der Waals surface area contributed by atoms with E-state index in [1.807, 2.05) is 27.7 Å². The normalized spacial score (nSPS) is 21.5. The molecule has 0 aliphatic carbocycles. The number of piperidine rings is 1. The van der Waals surface area contributed by atoms with Gasteiger partial charge in [-0.05, 0) is 47.0 Å². The molecule has 120 valence electrons. The van der Waals surface area contributed by atoms with Crippen molar-refractivity contribution in [2.75, 3.05) is 14.2 Å². The Labute approximate surface area is 126 Å². The lowest BCUT2D eigenvalue weighted by atomic mass is 9.82. The molecule has 1 rings (SSSR count). The summed E-state index contributed by atoms with van der Waals surface area (Å²) in [6.45, 7) is 8.17. The fraction of sp³-hybridized carbons (Fsp3) is 0.733. The summed E-state index contributed by atoms with van der Waals surface area (Å²) in [6, 6.07) is 0. The summed E-state index contributed by atoms with van der Waals surface area (Å²) in [4.78, 5) is 29.0. The van der Waals surface area contributed by atoms with Gasteiger partial charge in [0.05, 0.1) is 31.4 Å². The first kappa shape index (κ1) is 17.5. The van der Waals surface area contributed by atoms with Crippen LogP contribution in [-0.4, -0.2) is 42.3 Å². The molecule has 1 aliphatic rings. The molecule has 0 amide bonds. The van der Waals surface area contributed by atoms with Gasteiger partial charge in [0.15, 0.2) is 0 Å². The van der Waals surface area contributed by atoms with Crippen LogP contribution in [0, 0.1) is 0 Å². The maximum atomic E-state index is 11.8. The van der Waals surface area contributed by atoms with Gasteiger partial charge in [-0.3, -0.25) is 0 Å². The van der Waals surface area contributed by atoms with Crippen LogP contribution in [0.3, 0.4) is 0 Å². The minimum absolute atomic E-state index is 0.174. The van der Waals surface area contributed by atoms with Crippen LogP contribution in [0.1, 0.15) is 47.0 Å². The van der Waals surface area contributed by atoms with Crippen molar-refractivity contribution >= 4 is 11.9 Å². The van der Waals surface area contributed by atoms with Crippen LogP contribution in [-0.2, 0) is 23.9 Å². The Morgan fingerprint density at radius 1 is 1.00 bits per heavy atom. The zero-order valence-corrected chi connectivity index (χ0v) is 13.7. The van der Waals surface area contributed by atoms with E-state index in [-0.39, 0.29) is 16.8 Å². The lowest BCUT2D eigenvalue weighted by Crippen LogP contribution is -2.58. The maximum absolute atomic E-state index is 11.8. The summed E-state index contributed by atoms with van der Waals surface area (Å²) in [5.74, 6) is -1.55. The van der Waals surface area contributed by atoms with Gasteiger partial charge in [-0.2, -0.15) is 0 Å². The van der Waals surface area contributed by atoms with E-state index in [0.717, 1.165) is 25.3 Å². The van der Waals surface area contributed by atoms with Crippen LogP contribution in [0.25, 0.3) is 0 Å². The summed E-state index contributed by atoms with van der Waals surface area (Å²) in [5.41, 5.74) is -0.518. The van der Waals surface area contributed by atoms with E-state index in [2.05, 4.69) is 9.47 Å². The number of hydrogen-bond acceptors (Lipinski definition) is 6. The molecule has 0 saturated carbocycles. The predicted octanol–water partition coefficient (Wildman–Crippen LogP) is 2.19. The summed E-state index contributed by atoms with van der Waals surface area (Å²) >= 11 is 0. The number of carbonyl (C=O) groups is 2. The Morgan fingerprint density at radius 3 is 1.95 bits per heavy atom. The van der Waals surface area contributed by atoms with Crippen molar-refractivity contribution < 1.29 is 23.9 Å². The van der Waals surface area contributed by atoms with E-state index in [1.54, 1.807) is 5.06 Å². The van der Waals surface area contributed by atoms with Crippen LogP contribution in [0.2, 0.25) is 0 Å². The van der Waals surface area contributed by atoms with Gasteiger partial charge in [0.2, 0.25) is 5.76 Å². The standard InChI is InChI=1S/C15H25NO5/c1-14(2)8-7-9-15(3,4)16(14)21-11(13(18)20-6)10-12(17)19-5/h10H,7-9H2,1-6H3/b11-10+. The minimum Gasteiger partial charge on any atom is -0.466 e. The van der Waals surface area contributed by atoms with Gasteiger partial charge < -0.3 is 14.3 Å². The molecule has 0 aromatic rings. The van der Waals surface area contributed by atoms with Crippen molar-refractivity contribution in [2.45, 2.75) is 58.0 Å². The third kappa shape index (κ3) is 4.20. The first-order chi connectivity index (χ1) is 9.64. The molecule has 0 atom stereocenters. The number of rotatable bonds is 4. The highest BCUT2D eigenvalue weighted by Gasteiger charge is 2.44. The molecule has 21 heavy (non-hydrogen) atoms. The lowest BCUT2D eigenvalue weighted by molar-refractivity contribution is -0.257. The van der Waals surface area contributed by atoms with Crippen molar-refractivity contribution in [1.82, 2.24) is 5.06 Å². The molecule has 0 bridgehead atoms. The number of hydroxylamine groups is 2. The molecule has 1 aliphatic heterocycles. The monoisotopic (exact) mass is 299 g/mol. The Kier molecular flexibility index (Phi) is 5.39. The minimum atomic E-state index is -0.711. The van der Waals surface area contributed by atoms with E-state index in [4.69, 9.17) is 4.84 Å². The summed E-state index contributed by atoms with van der Waals surface area (Å²) < 4.78 is 9.22. The lowest BCUT2D eigenvalue weighted by Gasteiger charge is -2.50. The van der Waals surface area contributed by atoms with E-state index in [9.17, 15) is 9.59 Å². The third-order valence-electron chi connectivity index (χ3n) is 3.70. The molecule has 0 unspecified atom stereocenters. The van der Waals surface area contributed by atoms with Gasteiger partial charge in [0, 0.05) is 0 Å². The highest BCUT2D eigenvalue weighted by Crippen LogP contribution is 2.39. The van der Waals surface area contributed by atoms with E-state index >= 15 is 0 Å². The zero-order valence-electron chi connectivity index (χ0n) is 13.7. The number of nitrogens with zero attached hydrogens (tertiary/aromatic N) is 1. The van der Waals surface area contributed by atoms with Gasteiger partial charge in [0.1, 0.15) is 0 Å². The first-order valence-corrected chi connectivity index (χ1v) is 7.00.